The highest BCUT2D eigenvalue weighted by atomic mass is 32.1. The number of carbonyl (C=O) groups excluding carboxylic acids is 3. The summed E-state index contributed by atoms with van der Waals surface area (Å²) < 4.78 is 11.4. The van der Waals surface area contributed by atoms with E-state index in [0.29, 0.717) is 11.0 Å². The Balaban J connectivity index is 1.48. The molecule has 3 aromatic heterocycles. The van der Waals surface area contributed by atoms with Crippen molar-refractivity contribution in [3.8, 4) is 0 Å². The molecule has 220 valence electrons. The van der Waals surface area contributed by atoms with Crippen molar-refractivity contribution in [2.75, 3.05) is 23.3 Å². The molecular weight excluding hydrogens is 570 g/mol. The van der Waals surface area contributed by atoms with Crippen LogP contribution < -0.4 is 27.2 Å². The summed E-state index contributed by atoms with van der Waals surface area (Å²) in [5.74, 6) is -1.25. The number of carboxylic acids is 1. The van der Waals surface area contributed by atoms with Crippen molar-refractivity contribution in [2.45, 2.75) is 43.8 Å². The van der Waals surface area contributed by atoms with Gasteiger partial charge in [0, 0.05) is 42.1 Å². The highest BCUT2D eigenvalue weighted by molar-refractivity contribution is 7.14. The maximum Gasteiger partial charge on any atom is 0.404 e. The van der Waals surface area contributed by atoms with Crippen LogP contribution in [0.1, 0.15) is 53.2 Å². The second-order valence-electron chi connectivity index (χ2n) is 9.81. The zero-order valence-electron chi connectivity index (χ0n) is 22.1. The largest absolute Gasteiger partial charge is 0.478 e. The molecule has 0 radical (unpaired) electrons. The van der Waals surface area contributed by atoms with Gasteiger partial charge in [-0.2, -0.15) is 0 Å². The standard InChI is InChI=1S/C26H27N7O8S/c27-24(38)40-17-7-8-32(11-18(17)41-25(28)39)21-15(4-5-20(34)35)23(37)33-9-6-14(10-19(33)30-21)22(36)31-26-29-16(12-42-26)13-2-1-3-13/h4-6,9-10,12-13,17-18H,1-3,7-8,11H2,(H2,27,38)(H2,28,39)(H,34,35)(H,29,31,36)/b5-4+. The van der Waals surface area contributed by atoms with Crippen molar-refractivity contribution < 1.29 is 33.8 Å². The molecule has 2 fully saturated rings. The first-order chi connectivity index (χ1) is 20.1. The van der Waals surface area contributed by atoms with Crippen molar-refractivity contribution in [3.05, 3.63) is 57.0 Å². The molecule has 15 nitrogen and oxygen atoms in total. The minimum Gasteiger partial charge on any atom is -0.478 e. The molecule has 3 amide bonds. The van der Waals surface area contributed by atoms with Gasteiger partial charge < -0.3 is 30.9 Å². The van der Waals surface area contributed by atoms with Crippen LogP contribution in [-0.2, 0) is 14.3 Å². The van der Waals surface area contributed by atoms with Crippen LogP contribution in [0.2, 0.25) is 0 Å². The molecular formula is C26H27N7O8S. The predicted molar refractivity (Wildman–Crippen MR) is 151 cm³/mol. The highest BCUT2D eigenvalue weighted by Gasteiger charge is 2.36. The Kier molecular flexibility index (Phi) is 8.06. The van der Waals surface area contributed by atoms with Crippen molar-refractivity contribution in [1.29, 1.82) is 0 Å². The molecule has 0 aromatic carbocycles. The van der Waals surface area contributed by atoms with E-state index in [4.69, 9.17) is 20.9 Å². The van der Waals surface area contributed by atoms with Gasteiger partial charge in [0.1, 0.15) is 17.6 Å². The first-order valence-corrected chi connectivity index (χ1v) is 13.9. The van der Waals surface area contributed by atoms with Gasteiger partial charge in [-0.25, -0.2) is 24.4 Å². The van der Waals surface area contributed by atoms with Crippen LogP contribution in [-0.4, -0.2) is 68.8 Å². The van der Waals surface area contributed by atoms with E-state index in [1.54, 1.807) is 4.90 Å². The van der Waals surface area contributed by atoms with Crippen molar-refractivity contribution in [2.24, 2.45) is 11.5 Å². The van der Waals surface area contributed by atoms with Crippen LogP contribution in [0.25, 0.3) is 11.7 Å². The van der Waals surface area contributed by atoms with E-state index in [9.17, 15) is 29.1 Å². The summed E-state index contributed by atoms with van der Waals surface area (Å²) in [4.78, 5) is 71.4. The number of hydrogen-bond donors (Lipinski definition) is 4. The number of aromatic nitrogens is 3. The van der Waals surface area contributed by atoms with Crippen molar-refractivity contribution in [1.82, 2.24) is 14.4 Å². The first kappa shape index (κ1) is 28.5. The lowest BCUT2D eigenvalue weighted by Gasteiger charge is -2.37. The third-order valence-electron chi connectivity index (χ3n) is 7.10. The van der Waals surface area contributed by atoms with Crippen LogP contribution in [0, 0.1) is 0 Å². The Bertz CT molecular complexity index is 1650. The maximum absolute atomic E-state index is 13.5. The van der Waals surface area contributed by atoms with Gasteiger partial charge in [-0.15, -0.1) is 11.3 Å². The third-order valence-corrected chi connectivity index (χ3v) is 7.87. The lowest BCUT2D eigenvalue weighted by Crippen LogP contribution is -2.52. The molecule has 1 saturated heterocycles. The number of nitrogens with zero attached hydrogens (tertiary/aromatic N) is 4. The van der Waals surface area contributed by atoms with E-state index in [-0.39, 0.29) is 42.1 Å². The molecule has 2 aliphatic rings. The third kappa shape index (κ3) is 6.17. The molecule has 2 atom stereocenters. The molecule has 16 heteroatoms. The number of primary amides is 2. The topological polar surface area (TPSA) is 222 Å². The fourth-order valence-electron chi connectivity index (χ4n) is 4.86. The minimum absolute atomic E-state index is 0.0643. The van der Waals surface area contributed by atoms with Gasteiger partial charge in [-0.1, -0.05) is 6.42 Å². The summed E-state index contributed by atoms with van der Waals surface area (Å²) in [6, 6.07) is 2.87. The number of carboxylic acid groups (broad SMARTS) is 1. The summed E-state index contributed by atoms with van der Waals surface area (Å²) in [7, 11) is 0. The molecule has 5 rings (SSSR count). The monoisotopic (exact) mass is 597 g/mol. The number of pyridine rings is 1. The van der Waals surface area contributed by atoms with E-state index in [1.165, 1.54) is 40.5 Å². The van der Waals surface area contributed by atoms with Crippen LogP contribution in [0.4, 0.5) is 20.5 Å². The minimum atomic E-state index is -1.29. The Morgan fingerprint density at radius 3 is 2.50 bits per heavy atom. The van der Waals surface area contributed by atoms with Gasteiger partial charge in [-0.05, 0) is 31.1 Å². The van der Waals surface area contributed by atoms with E-state index in [0.717, 1.165) is 30.7 Å². The molecule has 4 heterocycles. The number of amides is 3. The molecule has 6 N–H and O–H groups in total. The summed E-state index contributed by atoms with van der Waals surface area (Å²) in [5, 5.41) is 14.4. The smallest absolute Gasteiger partial charge is 0.404 e. The van der Waals surface area contributed by atoms with Gasteiger partial charge >= 0.3 is 18.2 Å². The number of fused-ring (bicyclic) bond motifs is 1. The fraction of sp³-hybridized carbons (Fsp3) is 0.346. The number of rotatable bonds is 8. The van der Waals surface area contributed by atoms with E-state index < -0.39 is 41.8 Å². The number of carbonyl (C=O) groups is 4. The number of thiazole rings is 1. The average molecular weight is 598 g/mol. The number of nitrogens with two attached hydrogens (primary N) is 2. The van der Waals surface area contributed by atoms with Gasteiger partial charge in [0.15, 0.2) is 11.2 Å². The van der Waals surface area contributed by atoms with Crippen LogP contribution in [0.15, 0.2) is 34.6 Å². The second-order valence-corrected chi connectivity index (χ2v) is 10.7. The number of hydrogen-bond acceptors (Lipinski definition) is 11. The Labute approximate surface area is 241 Å². The Hall–Kier alpha value is -4.99. The maximum atomic E-state index is 13.5. The normalized spacial score (nSPS) is 18.9. The van der Waals surface area contributed by atoms with Crippen LogP contribution in [0.3, 0.4) is 0 Å². The van der Waals surface area contributed by atoms with Gasteiger partial charge in [-0.3, -0.25) is 19.3 Å². The zero-order chi connectivity index (χ0) is 30.0. The summed E-state index contributed by atoms with van der Waals surface area (Å²) in [5.41, 5.74) is 11.0. The predicted octanol–water partition coefficient (Wildman–Crippen LogP) is 1.91. The zero-order valence-corrected chi connectivity index (χ0v) is 22.9. The Morgan fingerprint density at radius 1 is 1.10 bits per heavy atom. The van der Waals surface area contributed by atoms with Crippen LogP contribution >= 0.6 is 11.3 Å². The van der Waals surface area contributed by atoms with Gasteiger partial charge in [0.05, 0.1) is 17.8 Å². The Morgan fingerprint density at radius 2 is 1.83 bits per heavy atom. The summed E-state index contributed by atoms with van der Waals surface area (Å²) >= 11 is 1.34. The first-order valence-electron chi connectivity index (χ1n) is 13.0. The lowest BCUT2D eigenvalue weighted by atomic mass is 9.83. The van der Waals surface area contributed by atoms with Crippen LogP contribution in [0.5, 0.6) is 0 Å². The molecule has 1 aliphatic heterocycles. The number of piperidine rings is 1. The molecule has 42 heavy (non-hydrogen) atoms. The van der Waals surface area contributed by atoms with Crippen molar-refractivity contribution in [3.63, 3.8) is 0 Å². The average Bonchev–Trinajstić information content (AvgIpc) is 3.34. The second kappa shape index (κ2) is 11.9. The lowest BCUT2D eigenvalue weighted by molar-refractivity contribution is -0.131. The van der Waals surface area contributed by atoms with E-state index in [1.807, 2.05) is 5.38 Å². The molecule has 2 unspecified atom stereocenters. The molecule has 3 aromatic rings. The highest BCUT2D eigenvalue weighted by Crippen LogP contribution is 2.37. The number of ether oxygens (including phenoxy) is 2. The SMILES string of the molecule is NC(=O)OC1CCN(c2nc3cc(C(=O)Nc4nc(C5CCC5)cs4)ccn3c(=O)c2/C=C/C(=O)O)CC1OC(N)=O. The summed E-state index contributed by atoms with van der Waals surface area (Å²) in [6.07, 6.45) is 2.59. The molecule has 1 saturated carbocycles. The number of aliphatic carboxylic acids is 1. The molecule has 0 spiro atoms. The van der Waals surface area contributed by atoms with Crippen molar-refractivity contribution >= 4 is 58.1 Å². The van der Waals surface area contributed by atoms with E-state index in [2.05, 4.69) is 15.3 Å². The fourth-order valence-corrected chi connectivity index (χ4v) is 5.65. The quantitative estimate of drug-likeness (QED) is 0.275. The number of anilines is 2. The van der Waals surface area contributed by atoms with E-state index >= 15 is 0 Å². The molecule has 0 bridgehead atoms. The van der Waals surface area contributed by atoms with Gasteiger partial charge in [0.25, 0.3) is 11.5 Å². The van der Waals surface area contributed by atoms with Gasteiger partial charge in [0.2, 0.25) is 0 Å². The molecule has 1 aliphatic carbocycles. The number of nitrogens with one attached hydrogen (secondary N) is 1. The summed E-state index contributed by atoms with van der Waals surface area (Å²) in [6.45, 7) is 0.0611.